The Hall–Kier alpha value is -1.91. The number of amides is 2. The molecule has 1 aromatic rings. The fourth-order valence-electron chi connectivity index (χ4n) is 3.08. The third kappa shape index (κ3) is 4.09. The molecule has 0 unspecified atom stereocenters. The lowest BCUT2D eigenvalue weighted by Crippen LogP contribution is -2.39. The highest BCUT2D eigenvalue weighted by Crippen LogP contribution is 2.34. The summed E-state index contributed by atoms with van der Waals surface area (Å²) in [7, 11) is 0. The van der Waals surface area contributed by atoms with Crippen molar-refractivity contribution in [1.29, 1.82) is 0 Å². The zero-order valence-corrected chi connectivity index (χ0v) is 14.2. The molecule has 4 nitrogen and oxygen atoms in total. The Labute approximate surface area is 137 Å². The molecule has 1 aliphatic heterocycles. The number of benzene rings is 1. The lowest BCUT2D eigenvalue weighted by molar-refractivity contribution is -0.133. The number of likely N-dealkylation sites (tertiary alicyclic amines) is 1. The number of nitrogens with one attached hydrogen (secondary N) is 1. The van der Waals surface area contributed by atoms with Gasteiger partial charge in [-0.3, -0.25) is 9.59 Å². The van der Waals surface area contributed by atoms with Crippen molar-refractivity contribution in [3.8, 4) is 0 Å². The summed E-state index contributed by atoms with van der Waals surface area (Å²) in [4.78, 5) is 26.5. The summed E-state index contributed by atoms with van der Waals surface area (Å²) in [6.07, 6.45) is 0. The fourth-order valence-corrected chi connectivity index (χ4v) is 3.08. The summed E-state index contributed by atoms with van der Waals surface area (Å²) in [5.74, 6) is -0.997. The quantitative estimate of drug-likeness (QED) is 0.927. The van der Waals surface area contributed by atoms with Crippen molar-refractivity contribution in [1.82, 2.24) is 10.2 Å². The molecule has 2 rings (SSSR count). The number of nitrogens with zero attached hydrogens (tertiary/aromatic N) is 1. The zero-order valence-electron chi connectivity index (χ0n) is 14.2. The molecule has 2 amide bonds. The van der Waals surface area contributed by atoms with Crippen molar-refractivity contribution in [3.63, 3.8) is 0 Å². The summed E-state index contributed by atoms with van der Waals surface area (Å²) in [6, 6.07) is 6.36. The standard InChI is InChI=1S/C18H25FN2O2/c1-11(2)18(23)21-9-15(13-6-5-7-14(19)8-13)16(10-21)17(22)20-12(3)4/h5-8,11-12,15-16H,9-10H2,1-4H3,(H,20,22)/t15-,16-/m0/s1. The van der Waals surface area contributed by atoms with Gasteiger partial charge >= 0.3 is 0 Å². The molecule has 5 heteroatoms. The van der Waals surface area contributed by atoms with Gasteiger partial charge in [-0.2, -0.15) is 0 Å². The van der Waals surface area contributed by atoms with Crippen molar-refractivity contribution in [2.75, 3.05) is 13.1 Å². The van der Waals surface area contributed by atoms with Gasteiger partial charge in [-0.25, -0.2) is 4.39 Å². The van der Waals surface area contributed by atoms with Gasteiger partial charge < -0.3 is 10.2 Å². The SMILES string of the molecule is CC(C)NC(=O)[C@H]1CN(C(=O)C(C)C)C[C@H]1c1cccc(F)c1. The van der Waals surface area contributed by atoms with E-state index in [1.54, 1.807) is 11.0 Å². The van der Waals surface area contributed by atoms with E-state index in [0.29, 0.717) is 13.1 Å². The van der Waals surface area contributed by atoms with Crippen molar-refractivity contribution in [2.45, 2.75) is 39.7 Å². The Kier molecular flexibility index (Phi) is 5.39. The summed E-state index contributed by atoms with van der Waals surface area (Å²) < 4.78 is 13.6. The highest BCUT2D eigenvalue weighted by molar-refractivity contribution is 5.84. The molecule has 23 heavy (non-hydrogen) atoms. The Morgan fingerprint density at radius 2 is 1.91 bits per heavy atom. The van der Waals surface area contributed by atoms with Crippen LogP contribution in [-0.2, 0) is 9.59 Å². The van der Waals surface area contributed by atoms with E-state index in [1.165, 1.54) is 12.1 Å². The summed E-state index contributed by atoms with van der Waals surface area (Å²) in [5, 5.41) is 2.92. The first-order chi connectivity index (χ1) is 10.8. The van der Waals surface area contributed by atoms with Crippen LogP contribution in [0.3, 0.4) is 0 Å². The Bertz CT molecular complexity index is 586. The Morgan fingerprint density at radius 1 is 1.22 bits per heavy atom. The third-order valence-electron chi connectivity index (χ3n) is 4.17. The van der Waals surface area contributed by atoms with Crippen LogP contribution in [0.25, 0.3) is 0 Å². The monoisotopic (exact) mass is 320 g/mol. The molecule has 126 valence electrons. The molecule has 1 fully saturated rings. The van der Waals surface area contributed by atoms with Gasteiger partial charge in [0.15, 0.2) is 0 Å². The van der Waals surface area contributed by atoms with Crippen LogP contribution in [0.15, 0.2) is 24.3 Å². The van der Waals surface area contributed by atoms with Crippen LogP contribution in [0.4, 0.5) is 4.39 Å². The second-order valence-corrected chi connectivity index (χ2v) is 6.83. The average molecular weight is 320 g/mol. The highest BCUT2D eigenvalue weighted by Gasteiger charge is 2.40. The number of hydrogen-bond donors (Lipinski definition) is 1. The van der Waals surface area contributed by atoms with Gasteiger partial charge in [0.1, 0.15) is 5.82 Å². The van der Waals surface area contributed by atoms with E-state index >= 15 is 0 Å². The molecule has 0 radical (unpaired) electrons. The summed E-state index contributed by atoms with van der Waals surface area (Å²) in [6.45, 7) is 8.34. The molecular weight excluding hydrogens is 295 g/mol. The van der Waals surface area contributed by atoms with Gasteiger partial charge in [-0.15, -0.1) is 0 Å². The number of rotatable bonds is 4. The third-order valence-corrected chi connectivity index (χ3v) is 4.17. The van der Waals surface area contributed by atoms with Crippen molar-refractivity contribution < 1.29 is 14.0 Å². The van der Waals surface area contributed by atoms with Crippen LogP contribution in [0.2, 0.25) is 0 Å². The molecule has 1 aromatic carbocycles. The second kappa shape index (κ2) is 7.11. The minimum absolute atomic E-state index is 0.0329. The van der Waals surface area contributed by atoms with Crippen LogP contribution in [0, 0.1) is 17.7 Å². The second-order valence-electron chi connectivity index (χ2n) is 6.83. The van der Waals surface area contributed by atoms with Gasteiger partial charge in [0.2, 0.25) is 11.8 Å². The van der Waals surface area contributed by atoms with E-state index in [-0.39, 0.29) is 41.4 Å². The minimum atomic E-state index is -0.345. The highest BCUT2D eigenvalue weighted by atomic mass is 19.1. The molecule has 0 aromatic heterocycles. The van der Waals surface area contributed by atoms with Crippen LogP contribution < -0.4 is 5.32 Å². The molecule has 0 spiro atoms. The van der Waals surface area contributed by atoms with E-state index in [9.17, 15) is 14.0 Å². The molecule has 1 aliphatic rings. The fraction of sp³-hybridized carbons (Fsp3) is 0.556. The lowest BCUT2D eigenvalue weighted by Gasteiger charge is -2.19. The summed E-state index contributed by atoms with van der Waals surface area (Å²) >= 11 is 0. The molecule has 1 N–H and O–H groups in total. The van der Waals surface area contributed by atoms with E-state index in [4.69, 9.17) is 0 Å². The van der Waals surface area contributed by atoms with Crippen molar-refractivity contribution >= 4 is 11.8 Å². The van der Waals surface area contributed by atoms with Crippen LogP contribution >= 0.6 is 0 Å². The largest absolute Gasteiger partial charge is 0.354 e. The first-order valence-electron chi connectivity index (χ1n) is 8.14. The number of halogens is 1. The van der Waals surface area contributed by atoms with Crippen LogP contribution in [-0.4, -0.2) is 35.8 Å². The lowest BCUT2D eigenvalue weighted by atomic mass is 9.88. The minimum Gasteiger partial charge on any atom is -0.354 e. The smallest absolute Gasteiger partial charge is 0.225 e. The van der Waals surface area contributed by atoms with Gasteiger partial charge in [-0.1, -0.05) is 26.0 Å². The normalized spacial score (nSPS) is 21.1. The number of carbonyl (C=O) groups excluding carboxylic acids is 2. The predicted molar refractivity (Wildman–Crippen MR) is 87.3 cm³/mol. The first-order valence-corrected chi connectivity index (χ1v) is 8.14. The average Bonchev–Trinajstić information content (AvgIpc) is 2.90. The zero-order chi connectivity index (χ0) is 17.1. The Balaban J connectivity index is 2.27. The maximum absolute atomic E-state index is 13.6. The van der Waals surface area contributed by atoms with Gasteiger partial charge in [0, 0.05) is 31.0 Å². The maximum Gasteiger partial charge on any atom is 0.225 e. The van der Waals surface area contributed by atoms with Crippen molar-refractivity contribution in [3.05, 3.63) is 35.6 Å². The number of carbonyl (C=O) groups is 2. The Morgan fingerprint density at radius 3 is 2.48 bits per heavy atom. The van der Waals surface area contributed by atoms with Gasteiger partial charge in [0.25, 0.3) is 0 Å². The molecule has 0 bridgehead atoms. The van der Waals surface area contributed by atoms with E-state index in [0.717, 1.165) is 5.56 Å². The topological polar surface area (TPSA) is 49.4 Å². The first kappa shape index (κ1) is 17.4. The van der Waals surface area contributed by atoms with E-state index in [1.807, 2.05) is 33.8 Å². The summed E-state index contributed by atoms with van der Waals surface area (Å²) in [5.41, 5.74) is 0.771. The molecule has 2 atom stereocenters. The molecule has 1 saturated heterocycles. The molecular formula is C18H25FN2O2. The molecule has 0 aliphatic carbocycles. The predicted octanol–water partition coefficient (Wildman–Crippen LogP) is 2.55. The van der Waals surface area contributed by atoms with Crippen LogP contribution in [0.1, 0.15) is 39.2 Å². The van der Waals surface area contributed by atoms with E-state index < -0.39 is 0 Å². The molecule has 0 saturated carbocycles. The van der Waals surface area contributed by atoms with Gasteiger partial charge in [0.05, 0.1) is 5.92 Å². The van der Waals surface area contributed by atoms with Crippen LogP contribution in [0.5, 0.6) is 0 Å². The molecule has 1 heterocycles. The number of hydrogen-bond acceptors (Lipinski definition) is 2. The van der Waals surface area contributed by atoms with Gasteiger partial charge in [-0.05, 0) is 31.5 Å². The van der Waals surface area contributed by atoms with Crippen molar-refractivity contribution in [2.24, 2.45) is 11.8 Å². The maximum atomic E-state index is 13.6. The van der Waals surface area contributed by atoms with E-state index in [2.05, 4.69) is 5.32 Å².